The number of benzene rings is 1. The lowest BCUT2D eigenvalue weighted by molar-refractivity contribution is -0.126. The largest absolute Gasteiger partial charge is 0.392 e. The van der Waals surface area contributed by atoms with Crippen LogP contribution in [0.3, 0.4) is 0 Å². The molecule has 0 unspecified atom stereocenters. The van der Waals surface area contributed by atoms with E-state index in [4.69, 9.17) is 5.11 Å². The van der Waals surface area contributed by atoms with Gasteiger partial charge in [0.2, 0.25) is 5.91 Å². The highest BCUT2D eigenvalue weighted by Crippen LogP contribution is 2.32. The minimum absolute atomic E-state index is 0.112. The van der Waals surface area contributed by atoms with Crippen LogP contribution in [0.15, 0.2) is 18.2 Å². The van der Waals surface area contributed by atoms with Crippen LogP contribution in [0.25, 0.3) is 0 Å². The van der Waals surface area contributed by atoms with Crippen LogP contribution in [0.5, 0.6) is 0 Å². The maximum Gasteiger partial charge on any atom is 0.223 e. The summed E-state index contributed by atoms with van der Waals surface area (Å²) in [6, 6.07) is 4.37. The number of nitrogens with one attached hydrogen (secondary N) is 1. The molecule has 1 fully saturated rings. The van der Waals surface area contributed by atoms with Gasteiger partial charge < -0.3 is 15.5 Å². The van der Waals surface area contributed by atoms with Gasteiger partial charge in [0, 0.05) is 12.1 Å². The molecule has 1 amide bonds. The first kappa shape index (κ1) is 14.9. The Balaban J connectivity index is 1.87. The molecule has 1 aromatic carbocycles. The van der Waals surface area contributed by atoms with E-state index in [2.05, 4.69) is 5.32 Å². The van der Waals surface area contributed by atoms with Crippen molar-refractivity contribution in [3.8, 4) is 0 Å². The van der Waals surface area contributed by atoms with E-state index in [1.54, 1.807) is 6.07 Å². The van der Waals surface area contributed by atoms with Crippen molar-refractivity contribution >= 4 is 5.91 Å². The Labute approximate surface area is 117 Å². The van der Waals surface area contributed by atoms with Gasteiger partial charge in [-0.1, -0.05) is 18.9 Å². The molecule has 0 heterocycles. The van der Waals surface area contributed by atoms with Crippen LogP contribution >= 0.6 is 0 Å². The molecule has 3 N–H and O–H groups in total. The minimum Gasteiger partial charge on any atom is -0.392 e. The topological polar surface area (TPSA) is 69.6 Å². The smallest absolute Gasteiger partial charge is 0.223 e. The van der Waals surface area contributed by atoms with Gasteiger partial charge in [-0.3, -0.25) is 4.79 Å². The molecular formula is C15H20FNO3. The van der Waals surface area contributed by atoms with E-state index in [-0.39, 0.29) is 31.0 Å². The maximum absolute atomic E-state index is 13.2. The van der Waals surface area contributed by atoms with E-state index in [0.29, 0.717) is 12.8 Å². The fourth-order valence-corrected chi connectivity index (χ4v) is 2.63. The van der Waals surface area contributed by atoms with E-state index in [1.165, 1.54) is 12.1 Å². The van der Waals surface area contributed by atoms with Crippen LogP contribution in [0.2, 0.25) is 0 Å². The zero-order valence-electron chi connectivity index (χ0n) is 11.4. The maximum atomic E-state index is 13.2. The van der Waals surface area contributed by atoms with Gasteiger partial charge in [-0.15, -0.1) is 0 Å². The van der Waals surface area contributed by atoms with Gasteiger partial charge >= 0.3 is 0 Å². The molecular weight excluding hydrogens is 261 g/mol. The number of rotatable bonds is 5. The molecule has 1 saturated carbocycles. The third-order valence-corrected chi connectivity index (χ3v) is 3.79. The number of aliphatic hydroxyl groups excluding tert-OH is 1. The molecule has 0 bridgehead atoms. The van der Waals surface area contributed by atoms with Crippen molar-refractivity contribution < 1.29 is 19.4 Å². The van der Waals surface area contributed by atoms with Crippen LogP contribution in [0.4, 0.5) is 4.39 Å². The minimum atomic E-state index is -0.858. The normalized spacial score (nSPS) is 17.1. The molecule has 110 valence electrons. The van der Waals surface area contributed by atoms with Crippen LogP contribution < -0.4 is 5.32 Å². The number of carbonyl (C=O) groups is 1. The fraction of sp³-hybridized carbons (Fsp3) is 0.533. The van der Waals surface area contributed by atoms with Crippen LogP contribution in [0, 0.1) is 5.82 Å². The molecule has 0 radical (unpaired) electrons. The number of halogens is 1. The number of hydrogen-bond donors (Lipinski definition) is 3. The molecule has 5 heteroatoms. The zero-order valence-corrected chi connectivity index (χ0v) is 11.4. The van der Waals surface area contributed by atoms with Gasteiger partial charge in [0.1, 0.15) is 5.82 Å². The number of aliphatic hydroxyl groups is 2. The Morgan fingerprint density at radius 1 is 1.35 bits per heavy atom. The van der Waals surface area contributed by atoms with Gasteiger partial charge in [0.05, 0.1) is 18.6 Å². The Hall–Kier alpha value is -1.46. The molecule has 1 aliphatic carbocycles. The van der Waals surface area contributed by atoms with E-state index < -0.39 is 11.4 Å². The van der Waals surface area contributed by atoms with Crippen molar-refractivity contribution in [3.63, 3.8) is 0 Å². The molecule has 20 heavy (non-hydrogen) atoms. The van der Waals surface area contributed by atoms with E-state index >= 15 is 0 Å². The summed E-state index contributed by atoms with van der Waals surface area (Å²) >= 11 is 0. The standard InChI is InChI=1S/C15H20FNO3/c16-13-4-3-11(7-12(13)10-18)9-17-14(19)8-15(20)5-1-2-6-15/h3-4,7,18,20H,1-2,5-6,8-10H2,(H,17,19). The molecule has 1 aliphatic rings. The summed E-state index contributed by atoms with van der Waals surface area (Å²) < 4.78 is 13.2. The lowest BCUT2D eigenvalue weighted by Gasteiger charge is -2.21. The lowest BCUT2D eigenvalue weighted by atomic mass is 9.97. The van der Waals surface area contributed by atoms with Gasteiger partial charge in [0.15, 0.2) is 0 Å². The van der Waals surface area contributed by atoms with Crippen LogP contribution in [0.1, 0.15) is 43.2 Å². The first-order valence-electron chi connectivity index (χ1n) is 6.90. The molecule has 0 atom stereocenters. The number of hydrogen-bond acceptors (Lipinski definition) is 3. The second-order valence-electron chi connectivity index (χ2n) is 5.47. The van der Waals surface area contributed by atoms with Crippen molar-refractivity contribution in [2.45, 2.75) is 50.9 Å². The average Bonchev–Trinajstić information content (AvgIpc) is 2.84. The highest BCUT2D eigenvalue weighted by molar-refractivity contribution is 5.77. The summed E-state index contributed by atoms with van der Waals surface area (Å²) in [5.41, 5.74) is 0.0803. The van der Waals surface area contributed by atoms with Gasteiger partial charge in [-0.25, -0.2) is 4.39 Å². The molecule has 4 nitrogen and oxygen atoms in total. The second-order valence-corrected chi connectivity index (χ2v) is 5.47. The van der Waals surface area contributed by atoms with Crippen molar-refractivity contribution in [2.75, 3.05) is 0 Å². The van der Waals surface area contributed by atoms with E-state index in [1.807, 2.05) is 0 Å². The van der Waals surface area contributed by atoms with E-state index in [9.17, 15) is 14.3 Å². The first-order chi connectivity index (χ1) is 9.52. The quantitative estimate of drug-likeness (QED) is 0.768. The predicted octanol–water partition coefficient (Wildman–Crippen LogP) is 1.63. The molecule has 0 aliphatic heterocycles. The van der Waals surface area contributed by atoms with Crippen molar-refractivity contribution in [1.82, 2.24) is 5.32 Å². The molecule has 2 rings (SSSR count). The Kier molecular flexibility index (Phi) is 4.73. The van der Waals surface area contributed by atoms with Crippen molar-refractivity contribution in [2.24, 2.45) is 0 Å². The number of carbonyl (C=O) groups excluding carboxylic acids is 1. The summed E-state index contributed by atoms with van der Waals surface area (Å²) in [5, 5.41) is 21.8. The third-order valence-electron chi connectivity index (χ3n) is 3.79. The van der Waals surface area contributed by atoms with Crippen LogP contribution in [-0.2, 0) is 17.9 Å². The first-order valence-corrected chi connectivity index (χ1v) is 6.90. The number of amides is 1. The van der Waals surface area contributed by atoms with Gasteiger partial charge in [-0.05, 0) is 30.5 Å². The highest BCUT2D eigenvalue weighted by atomic mass is 19.1. The summed E-state index contributed by atoms with van der Waals surface area (Å²) in [4.78, 5) is 11.8. The van der Waals surface area contributed by atoms with E-state index in [0.717, 1.165) is 18.4 Å². The Bertz CT molecular complexity index is 484. The summed E-state index contributed by atoms with van der Waals surface area (Å²) in [6.45, 7) is -0.102. The molecule has 1 aromatic rings. The zero-order chi connectivity index (χ0) is 14.6. The highest BCUT2D eigenvalue weighted by Gasteiger charge is 2.33. The average molecular weight is 281 g/mol. The Morgan fingerprint density at radius 2 is 2.05 bits per heavy atom. The third kappa shape index (κ3) is 3.77. The lowest BCUT2D eigenvalue weighted by Crippen LogP contribution is -2.34. The fourth-order valence-electron chi connectivity index (χ4n) is 2.63. The molecule has 0 spiro atoms. The SMILES string of the molecule is O=C(CC1(O)CCCC1)NCc1ccc(F)c(CO)c1. The van der Waals surface area contributed by atoms with Crippen molar-refractivity contribution in [1.29, 1.82) is 0 Å². The predicted molar refractivity (Wildman–Crippen MR) is 72.2 cm³/mol. The molecule has 0 saturated heterocycles. The summed E-state index contributed by atoms with van der Waals surface area (Å²) in [6.07, 6.45) is 3.38. The monoisotopic (exact) mass is 281 g/mol. The summed E-state index contributed by atoms with van der Waals surface area (Å²) in [5.74, 6) is -0.660. The second kappa shape index (κ2) is 6.33. The summed E-state index contributed by atoms with van der Waals surface area (Å²) in [7, 11) is 0. The molecule has 0 aromatic heterocycles. The van der Waals surface area contributed by atoms with Gasteiger partial charge in [0.25, 0.3) is 0 Å². The van der Waals surface area contributed by atoms with Crippen LogP contribution in [-0.4, -0.2) is 21.7 Å². The Morgan fingerprint density at radius 3 is 2.70 bits per heavy atom. The van der Waals surface area contributed by atoms with Gasteiger partial charge in [-0.2, -0.15) is 0 Å². The van der Waals surface area contributed by atoms with Crippen molar-refractivity contribution in [3.05, 3.63) is 35.1 Å².